The fourth-order valence-corrected chi connectivity index (χ4v) is 1.67. The van der Waals surface area contributed by atoms with E-state index in [1.165, 1.54) is 0 Å². The number of hydrogen-bond donors (Lipinski definition) is 1. The first kappa shape index (κ1) is 14.5. The lowest BCUT2D eigenvalue weighted by atomic mass is 10.0. The summed E-state index contributed by atoms with van der Waals surface area (Å²) in [6.07, 6.45) is 0. The predicted octanol–water partition coefficient (Wildman–Crippen LogP) is 2.19. The van der Waals surface area contributed by atoms with Gasteiger partial charge >= 0.3 is 0 Å². The third-order valence-electron chi connectivity index (χ3n) is 2.70. The van der Waals surface area contributed by atoms with Crippen molar-refractivity contribution < 1.29 is 14.3 Å². The molecule has 1 aromatic carbocycles. The smallest absolute Gasteiger partial charge is 0.177 e. The number of ether oxygens (including phenoxy) is 2. The topological polar surface area (TPSA) is 47.6 Å². The second kappa shape index (κ2) is 6.40. The number of rotatable bonds is 6. The lowest BCUT2D eigenvalue weighted by Crippen LogP contribution is -2.29. The third-order valence-corrected chi connectivity index (χ3v) is 2.70. The molecule has 0 aromatic heterocycles. The highest BCUT2D eigenvalue weighted by atomic mass is 16.5. The van der Waals surface area contributed by atoms with Gasteiger partial charge in [-0.05, 0) is 24.6 Å². The van der Waals surface area contributed by atoms with E-state index in [1.54, 1.807) is 20.3 Å². The Labute approximate surface area is 108 Å². The van der Waals surface area contributed by atoms with Crippen LogP contribution in [-0.4, -0.2) is 32.6 Å². The molecule has 0 unspecified atom stereocenters. The van der Waals surface area contributed by atoms with E-state index in [-0.39, 0.29) is 11.8 Å². The minimum Gasteiger partial charge on any atom is -0.493 e. The molecule has 1 rings (SSSR count). The minimum atomic E-state index is 0.0575. The van der Waals surface area contributed by atoms with Gasteiger partial charge in [0.2, 0.25) is 0 Å². The summed E-state index contributed by atoms with van der Waals surface area (Å²) < 4.78 is 10.4. The van der Waals surface area contributed by atoms with E-state index < -0.39 is 0 Å². The molecule has 0 fully saturated rings. The molecule has 0 atom stereocenters. The van der Waals surface area contributed by atoms with E-state index in [0.29, 0.717) is 23.6 Å². The molecule has 0 saturated heterocycles. The summed E-state index contributed by atoms with van der Waals surface area (Å²) in [5.74, 6) is 1.28. The van der Waals surface area contributed by atoms with Crippen LogP contribution in [0.4, 0.5) is 0 Å². The highest BCUT2D eigenvalue weighted by Gasteiger charge is 2.14. The van der Waals surface area contributed by atoms with Crippen LogP contribution in [0.2, 0.25) is 0 Å². The van der Waals surface area contributed by atoms with Crippen LogP contribution in [0, 0.1) is 6.92 Å². The Morgan fingerprint density at radius 2 is 1.78 bits per heavy atom. The molecule has 4 nitrogen and oxygen atoms in total. The maximum atomic E-state index is 12.1. The fourth-order valence-electron chi connectivity index (χ4n) is 1.67. The van der Waals surface area contributed by atoms with Gasteiger partial charge < -0.3 is 14.8 Å². The Kier molecular flexibility index (Phi) is 5.16. The van der Waals surface area contributed by atoms with Crippen molar-refractivity contribution in [3.63, 3.8) is 0 Å². The Hall–Kier alpha value is -1.55. The van der Waals surface area contributed by atoms with Crippen molar-refractivity contribution in [3.05, 3.63) is 23.3 Å². The minimum absolute atomic E-state index is 0.0575. The maximum absolute atomic E-state index is 12.1. The van der Waals surface area contributed by atoms with Gasteiger partial charge in [0.1, 0.15) is 0 Å². The Morgan fingerprint density at radius 1 is 1.22 bits per heavy atom. The van der Waals surface area contributed by atoms with Crippen LogP contribution < -0.4 is 14.8 Å². The molecule has 0 aliphatic rings. The van der Waals surface area contributed by atoms with Crippen LogP contribution >= 0.6 is 0 Å². The molecule has 0 bridgehead atoms. The van der Waals surface area contributed by atoms with Gasteiger partial charge in [0.25, 0.3) is 0 Å². The van der Waals surface area contributed by atoms with Crippen molar-refractivity contribution in [1.82, 2.24) is 5.32 Å². The van der Waals surface area contributed by atoms with Crippen molar-refractivity contribution in [1.29, 1.82) is 0 Å². The lowest BCUT2D eigenvalue weighted by molar-refractivity contribution is 0.0987. The van der Waals surface area contributed by atoms with Crippen LogP contribution in [0.3, 0.4) is 0 Å². The average molecular weight is 251 g/mol. The standard InChI is InChI=1S/C14H21NO3/c1-9(2)15-8-12(16)11-7-14(18-5)13(17-4)6-10(11)3/h6-7,9,15H,8H2,1-5H3. The second-order valence-electron chi connectivity index (χ2n) is 4.48. The van der Waals surface area contributed by atoms with Crippen LogP contribution in [0.1, 0.15) is 29.8 Å². The summed E-state index contributed by atoms with van der Waals surface area (Å²) in [5.41, 5.74) is 1.56. The monoisotopic (exact) mass is 251 g/mol. The molecule has 1 N–H and O–H groups in total. The summed E-state index contributed by atoms with van der Waals surface area (Å²) in [7, 11) is 3.15. The molecular formula is C14H21NO3. The zero-order valence-corrected chi connectivity index (χ0v) is 11.7. The molecular weight excluding hydrogens is 230 g/mol. The number of benzene rings is 1. The van der Waals surface area contributed by atoms with Gasteiger partial charge in [0.15, 0.2) is 17.3 Å². The SMILES string of the molecule is COc1cc(C)c(C(=O)CNC(C)C)cc1OC. The number of carbonyl (C=O) groups excluding carboxylic acids is 1. The Morgan fingerprint density at radius 3 is 2.28 bits per heavy atom. The highest BCUT2D eigenvalue weighted by Crippen LogP contribution is 2.30. The van der Waals surface area contributed by atoms with Crippen molar-refractivity contribution in [2.45, 2.75) is 26.8 Å². The quantitative estimate of drug-likeness (QED) is 0.787. The van der Waals surface area contributed by atoms with Gasteiger partial charge in [0.05, 0.1) is 20.8 Å². The van der Waals surface area contributed by atoms with Crippen LogP contribution in [0.25, 0.3) is 0 Å². The van der Waals surface area contributed by atoms with E-state index in [0.717, 1.165) is 5.56 Å². The summed E-state index contributed by atoms with van der Waals surface area (Å²) >= 11 is 0. The van der Waals surface area contributed by atoms with Gasteiger partial charge in [-0.1, -0.05) is 13.8 Å². The van der Waals surface area contributed by atoms with Crippen LogP contribution in [-0.2, 0) is 0 Å². The first-order valence-electron chi connectivity index (χ1n) is 5.98. The predicted molar refractivity (Wildman–Crippen MR) is 71.8 cm³/mol. The molecule has 4 heteroatoms. The summed E-state index contributed by atoms with van der Waals surface area (Å²) in [6, 6.07) is 3.84. The molecule has 0 aliphatic carbocycles. The van der Waals surface area contributed by atoms with E-state index in [1.807, 2.05) is 26.8 Å². The van der Waals surface area contributed by atoms with Gasteiger partial charge in [-0.25, -0.2) is 0 Å². The summed E-state index contributed by atoms with van der Waals surface area (Å²) in [5, 5.41) is 3.12. The number of carbonyl (C=O) groups is 1. The van der Waals surface area contributed by atoms with Crippen molar-refractivity contribution >= 4 is 5.78 Å². The molecule has 18 heavy (non-hydrogen) atoms. The second-order valence-corrected chi connectivity index (χ2v) is 4.48. The number of Topliss-reactive ketones (excluding diaryl/α,β-unsaturated/α-hetero) is 1. The third kappa shape index (κ3) is 3.47. The zero-order chi connectivity index (χ0) is 13.7. The zero-order valence-electron chi connectivity index (χ0n) is 11.7. The van der Waals surface area contributed by atoms with E-state index in [9.17, 15) is 4.79 Å². The molecule has 0 aliphatic heterocycles. The molecule has 0 heterocycles. The van der Waals surface area contributed by atoms with E-state index in [4.69, 9.17) is 9.47 Å². The van der Waals surface area contributed by atoms with Crippen molar-refractivity contribution in [2.24, 2.45) is 0 Å². The molecule has 0 radical (unpaired) electrons. The van der Waals surface area contributed by atoms with Crippen LogP contribution in [0.15, 0.2) is 12.1 Å². The Balaban J connectivity index is 2.98. The van der Waals surface area contributed by atoms with Crippen molar-refractivity contribution in [2.75, 3.05) is 20.8 Å². The molecule has 1 aromatic rings. The lowest BCUT2D eigenvalue weighted by Gasteiger charge is -2.13. The highest BCUT2D eigenvalue weighted by molar-refractivity contribution is 5.99. The maximum Gasteiger partial charge on any atom is 0.177 e. The molecule has 0 spiro atoms. The number of ketones is 1. The van der Waals surface area contributed by atoms with Gasteiger partial charge in [0, 0.05) is 11.6 Å². The van der Waals surface area contributed by atoms with Gasteiger partial charge in [-0.3, -0.25) is 4.79 Å². The molecule has 0 saturated carbocycles. The van der Waals surface area contributed by atoms with Crippen molar-refractivity contribution in [3.8, 4) is 11.5 Å². The normalized spacial score (nSPS) is 10.6. The first-order chi connectivity index (χ1) is 8.49. The van der Waals surface area contributed by atoms with Gasteiger partial charge in [-0.2, -0.15) is 0 Å². The van der Waals surface area contributed by atoms with Crippen LogP contribution in [0.5, 0.6) is 11.5 Å². The summed E-state index contributed by atoms with van der Waals surface area (Å²) in [6.45, 7) is 6.24. The van der Waals surface area contributed by atoms with E-state index in [2.05, 4.69) is 5.32 Å². The summed E-state index contributed by atoms with van der Waals surface area (Å²) in [4.78, 5) is 12.1. The average Bonchev–Trinajstić information content (AvgIpc) is 2.35. The first-order valence-corrected chi connectivity index (χ1v) is 5.98. The van der Waals surface area contributed by atoms with E-state index >= 15 is 0 Å². The number of nitrogens with one attached hydrogen (secondary N) is 1. The number of hydrogen-bond acceptors (Lipinski definition) is 4. The number of aryl methyl sites for hydroxylation is 1. The van der Waals surface area contributed by atoms with Gasteiger partial charge in [-0.15, -0.1) is 0 Å². The molecule has 0 amide bonds. The largest absolute Gasteiger partial charge is 0.493 e. The Bertz CT molecular complexity index is 427. The molecule has 100 valence electrons. The fraction of sp³-hybridized carbons (Fsp3) is 0.500. The number of methoxy groups -OCH3 is 2.